The molecule has 64 valence electrons. The highest BCUT2D eigenvalue weighted by atomic mass is 32.2. The van der Waals surface area contributed by atoms with Crippen molar-refractivity contribution >= 4 is 23.8 Å². The maximum atomic E-state index is 10.6. The third-order valence-corrected chi connectivity index (χ3v) is 2.27. The highest BCUT2D eigenvalue weighted by Gasteiger charge is 2.08. The Hall–Kier alpha value is -1.01. The van der Waals surface area contributed by atoms with Crippen LogP contribution in [-0.2, 0) is 10.1 Å². The first kappa shape index (κ1) is 9.09. The van der Waals surface area contributed by atoms with Gasteiger partial charge < -0.3 is 5.23 Å². The molecule has 0 aliphatic heterocycles. The van der Waals surface area contributed by atoms with E-state index in [4.69, 9.17) is 4.55 Å². The van der Waals surface area contributed by atoms with Crippen LogP contribution in [0, 0.1) is 0 Å². The van der Waals surface area contributed by atoms with Gasteiger partial charge in [-0.2, -0.15) is 8.42 Å². The number of nitrogens with one attached hydrogen (secondary N) is 1. The van der Waals surface area contributed by atoms with Crippen molar-refractivity contribution in [3.05, 3.63) is 24.3 Å². The lowest BCUT2D eigenvalue weighted by molar-refractivity contribution is 0.483. The van der Waals surface area contributed by atoms with Gasteiger partial charge in [0.25, 0.3) is 10.1 Å². The summed E-state index contributed by atoms with van der Waals surface area (Å²) in [6.45, 7) is 0. The highest BCUT2D eigenvalue weighted by molar-refractivity contribution is 7.85. The third-order valence-electron chi connectivity index (χ3n) is 1.42. The molecule has 1 rings (SSSR count). The van der Waals surface area contributed by atoms with E-state index in [9.17, 15) is 8.42 Å². The minimum atomic E-state index is -4.08. The van der Waals surface area contributed by atoms with E-state index in [0.717, 1.165) is 0 Å². The lowest BCUT2D eigenvalue weighted by Gasteiger charge is -2.01. The number of rotatable bonds is 2. The van der Waals surface area contributed by atoms with Crippen molar-refractivity contribution < 1.29 is 13.0 Å². The van der Waals surface area contributed by atoms with Gasteiger partial charge in [0.05, 0.1) is 4.90 Å². The lowest BCUT2D eigenvalue weighted by Crippen LogP contribution is -1.99. The fraction of sp³-hybridized carbons (Fsp3) is 0. The third kappa shape index (κ3) is 1.99. The predicted molar refractivity (Wildman–Crippen MR) is 48.4 cm³/mol. The molecule has 2 N–H and O–H groups in total. The molecule has 0 unspecified atom stereocenters. The van der Waals surface area contributed by atoms with E-state index in [-0.39, 0.29) is 4.90 Å². The van der Waals surface area contributed by atoms with Crippen molar-refractivity contribution in [2.75, 3.05) is 5.23 Å². The minimum Gasteiger partial charge on any atom is -0.434 e. The Balaban J connectivity index is 3.20. The monoisotopic (exact) mass is 185 g/mol. The molecule has 0 aliphatic rings. The summed E-state index contributed by atoms with van der Waals surface area (Å²) >= 11 is 0. The van der Waals surface area contributed by atoms with Gasteiger partial charge in [0.1, 0.15) is 0 Å². The molecule has 0 atom stereocenters. The van der Waals surface area contributed by atoms with Crippen LogP contribution in [0.3, 0.4) is 0 Å². The summed E-state index contributed by atoms with van der Waals surface area (Å²) in [6, 6.07) is 5.94. The molecule has 6 heteroatoms. The van der Waals surface area contributed by atoms with Gasteiger partial charge in [-0.1, -0.05) is 6.07 Å². The SMILES string of the molecule is BNc1cccc(S(=O)(=O)O)c1. The van der Waals surface area contributed by atoms with Gasteiger partial charge in [-0.15, -0.1) is 0 Å². The van der Waals surface area contributed by atoms with Crippen molar-refractivity contribution in [2.45, 2.75) is 4.90 Å². The van der Waals surface area contributed by atoms with Gasteiger partial charge >= 0.3 is 0 Å². The second-order valence-electron chi connectivity index (χ2n) is 2.25. The van der Waals surface area contributed by atoms with Crippen LogP contribution in [0.5, 0.6) is 0 Å². The van der Waals surface area contributed by atoms with Crippen molar-refractivity contribution in [3.63, 3.8) is 0 Å². The summed E-state index contributed by atoms with van der Waals surface area (Å²) in [5.41, 5.74) is 0.644. The minimum absolute atomic E-state index is 0.102. The first-order chi connectivity index (χ1) is 5.54. The normalized spacial score (nSPS) is 11.1. The topological polar surface area (TPSA) is 66.4 Å². The zero-order valence-electron chi connectivity index (χ0n) is 6.48. The molecule has 0 saturated heterocycles. The Bertz CT molecular complexity index is 376. The smallest absolute Gasteiger partial charge is 0.294 e. The predicted octanol–water partition coefficient (Wildman–Crippen LogP) is -0.107. The Morgan fingerprint density at radius 2 is 2.08 bits per heavy atom. The fourth-order valence-corrected chi connectivity index (χ4v) is 1.34. The summed E-state index contributed by atoms with van der Waals surface area (Å²) in [5, 5.41) is 2.76. The Labute approximate surface area is 71.8 Å². The van der Waals surface area contributed by atoms with E-state index in [1.54, 1.807) is 20.1 Å². The molecule has 0 aliphatic carbocycles. The Morgan fingerprint density at radius 1 is 1.42 bits per heavy atom. The summed E-state index contributed by atoms with van der Waals surface area (Å²) in [4.78, 5) is -0.102. The van der Waals surface area contributed by atoms with Crippen LogP contribution in [0.2, 0.25) is 0 Å². The molecule has 0 heterocycles. The molecule has 0 amide bonds. The summed E-state index contributed by atoms with van der Waals surface area (Å²) < 4.78 is 29.9. The van der Waals surface area contributed by atoms with Crippen molar-refractivity contribution in [3.8, 4) is 0 Å². The summed E-state index contributed by atoms with van der Waals surface area (Å²) in [5.74, 6) is 0. The number of hydrogen-bond acceptors (Lipinski definition) is 3. The zero-order valence-corrected chi connectivity index (χ0v) is 7.30. The standard InChI is InChI=1S/C6H8BNO3S/c7-8-5-2-1-3-6(4-5)12(9,10)11/h1-4,8H,7H2,(H,9,10,11). The summed E-state index contributed by atoms with van der Waals surface area (Å²) in [7, 11) is -2.41. The van der Waals surface area contributed by atoms with Crippen LogP contribution in [0.25, 0.3) is 0 Å². The first-order valence-corrected chi connectivity index (χ1v) is 4.73. The molecule has 4 nitrogen and oxygen atoms in total. The second-order valence-corrected chi connectivity index (χ2v) is 3.67. The number of anilines is 1. The van der Waals surface area contributed by atoms with E-state index in [2.05, 4.69) is 5.23 Å². The molecule has 0 aromatic heterocycles. The zero-order chi connectivity index (χ0) is 9.19. The average molecular weight is 185 g/mol. The second kappa shape index (κ2) is 3.16. The van der Waals surface area contributed by atoms with Gasteiger partial charge in [0.15, 0.2) is 0 Å². The Kier molecular flexibility index (Phi) is 2.39. The van der Waals surface area contributed by atoms with E-state index in [1.807, 2.05) is 0 Å². The van der Waals surface area contributed by atoms with E-state index in [1.165, 1.54) is 12.1 Å². The fourth-order valence-electron chi connectivity index (χ4n) is 0.812. The lowest BCUT2D eigenvalue weighted by atomic mass is 10.3. The Morgan fingerprint density at radius 3 is 2.58 bits per heavy atom. The van der Waals surface area contributed by atoms with Gasteiger partial charge in [0, 0.05) is 5.69 Å². The van der Waals surface area contributed by atoms with Crippen molar-refractivity contribution in [1.82, 2.24) is 0 Å². The van der Waals surface area contributed by atoms with Crippen LogP contribution in [0.1, 0.15) is 0 Å². The molecule has 0 fully saturated rings. The van der Waals surface area contributed by atoms with E-state index >= 15 is 0 Å². The van der Waals surface area contributed by atoms with Crippen LogP contribution in [-0.4, -0.2) is 21.0 Å². The van der Waals surface area contributed by atoms with Crippen molar-refractivity contribution in [2.24, 2.45) is 0 Å². The maximum Gasteiger partial charge on any atom is 0.294 e. The van der Waals surface area contributed by atoms with E-state index < -0.39 is 10.1 Å². The quantitative estimate of drug-likeness (QED) is 0.498. The van der Waals surface area contributed by atoms with Crippen molar-refractivity contribution in [1.29, 1.82) is 0 Å². The molecular weight excluding hydrogens is 177 g/mol. The molecule has 12 heavy (non-hydrogen) atoms. The average Bonchev–Trinajstić information content (AvgIpc) is 2.03. The molecule has 0 saturated carbocycles. The molecule has 1 aromatic rings. The van der Waals surface area contributed by atoms with Gasteiger partial charge in [0.2, 0.25) is 7.98 Å². The molecule has 0 spiro atoms. The maximum absolute atomic E-state index is 10.6. The molecule has 1 aromatic carbocycles. The molecule has 0 bridgehead atoms. The van der Waals surface area contributed by atoms with Crippen LogP contribution in [0.15, 0.2) is 29.2 Å². The van der Waals surface area contributed by atoms with Crippen LogP contribution >= 0.6 is 0 Å². The van der Waals surface area contributed by atoms with E-state index in [0.29, 0.717) is 5.69 Å². The largest absolute Gasteiger partial charge is 0.434 e. The van der Waals surface area contributed by atoms with Crippen LogP contribution < -0.4 is 5.23 Å². The number of hydrogen-bond donors (Lipinski definition) is 2. The highest BCUT2D eigenvalue weighted by Crippen LogP contribution is 2.13. The molecular formula is C6H8BNO3S. The first-order valence-electron chi connectivity index (χ1n) is 3.29. The molecule has 0 radical (unpaired) electrons. The van der Waals surface area contributed by atoms with Gasteiger partial charge in [-0.25, -0.2) is 0 Å². The number of benzene rings is 1. The van der Waals surface area contributed by atoms with Crippen LogP contribution in [0.4, 0.5) is 5.69 Å². The summed E-state index contributed by atoms with van der Waals surface area (Å²) in [6.07, 6.45) is 0. The van der Waals surface area contributed by atoms with Gasteiger partial charge in [-0.3, -0.25) is 4.55 Å². The van der Waals surface area contributed by atoms with Gasteiger partial charge in [-0.05, 0) is 18.2 Å².